The summed E-state index contributed by atoms with van der Waals surface area (Å²) in [6.07, 6.45) is 0. The highest BCUT2D eigenvalue weighted by Gasteiger charge is 2.18. The molecule has 25 heavy (non-hydrogen) atoms. The van der Waals surface area contributed by atoms with Crippen molar-refractivity contribution in [1.82, 2.24) is 9.78 Å². The summed E-state index contributed by atoms with van der Waals surface area (Å²) in [5.74, 6) is 0.246. The van der Waals surface area contributed by atoms with Crippen LogP contribution in [-0.2, 0) is 0 Å². The predicted molar refractivity (Wildman–Crippen MR) is 102 cm³/mol. The summed E-state index contributed by atoms with van der Waals surface area (Å²) in [6, 6.07) is 11.9. The molecular weight excluding hydrogens is 381 g/mol. The van der Waals surface area contributed by atoms with E-state index in [1.165, 1.54) is 6.07 Å². The van der Waals surface area contributed by atoms with Crippen molar-refractivity contribution in [3.05, 3.63) is 74.4 Å². The lowest BCUT2D eigenvalue weighted by Crippen LogP contribution is -2.16. The maximum absolute atomic E-state index is 12.6. The summed E-state index contributed by atoms with van der Waals surface area (Å²) < 4.78 is 1.67. The molecular formula is C18H14Cl3N3O. The fourth-order valence-electron chi connectivity index (χ4n) is 2.37. The summed E-state index contributed by atoms with van der Waals surface area (Å²) >= 11 is 18.0. The SMILES string of the molecule is Cc1nn(-c2ccc(Cl)cc2)c(NC(=O)c2ccc(Cl)cc2Cl)c1C. The molecule has 2 aromatic carbocycles. The Bertz CT molecular complexity index is 949. The van der Waals surface area contributed by atoms with Gasteiger partial charge in [0.25, 0.3) is 5.91 Å². The van der Waals surface area contributed by atoms with Crippen molar-refractivity contribution < 1.29 is 4.79 Å². The lowest BCUT2D eigenvalue weighted by Gasteiger charge is -2.11. The minimum atomic E-state index is -0.333. The second kappa shape index (κ2) is 7.08. The molecule has 4 nitrogen and oxygen atoms in total. The van der Waals surface area contributed by atoms with E-state index < -0.39 is 0 Å². The largest absolute Gasteiger partial charge is 0.306 e. The monoisotopic (exact) mass is 393 g/mol. The van der Waals surface area contributed by atoms with Crippen molar-refractivity contribution in [3.8, 4) is 5.69 Å². The second-order valence-corrected chi connectivity index (χ2v) is 6.81. The number of rotatable bonds is 3. The first-order valence-electron chi connectivity index (χ1n) is 7.45. The molecule has 1 heterocycles. The van der Waals surface area contributed by atoms with E-state index in [0.717, 1.165) is 16.9 Å². The van der Waals surface area contributed by atoms with E-state index in [-0.39, 0.29) is 10.9 Å². The molecule has 3 rings (SSSR count). The highest BCUT2D eigenvalue weighted by atomic mass is 35.5. The predicted octanol–water partition coefficient (Wildman–Crippen LogP) is 5.70. The van der Waals surface area contributed by atoms with Crippen LogP contribution in [0, 0.1) is 13.8 Å². The van der Waals surface area contributed by atoms with Crippen LogP contribution in [0.2, 0.25) is 15.1 Å². The van der Waals surface area contributed by atoms with Gasteiger partial charge in [-0.3, -0.25) is 4.79 Å². The van der Waals surface area contributed by atoms with E-state index in [2.05, 4.69) is 10.4 Å². The lowest BCUT2D eigenvalue weighted by molar-refractivity contribution is 0.102. The summed E-state index contributed by atoms with van der Waals surface area (Å²) in [6.45, 7) is 3.78. The summed E-state index contributed by atoms with van der Waals surface area (Å²) in [5, 5.41) is 8.78. The van der Waals surface area contributed by atoms with Crippen molar-refractivity contribution in [2.75, 3.05) is 5.32 Å². The van der Waals surface area contributed by atoms with Crippen LogP contribution >= 0.6 is 34.8 Å². The van der Waals surface area contributed by atoms with Gasteiger partial charge in [-0.2, -0.15) is 5.10 Å². The zero-order valence-corrected chi connectivity index (χ0v) is 15.7. The lowest BCUT2D eigenvalue weighted by atomic mass is 10.2. The van der Waals surface area contributed by atoms with Gasteiger partial charge in [-0.25, -0.2) is 4.68 Å². The molecule has 0 atom stereocenters. The van der Waals surface area contributed by atoms with E-state index in [9.17, 15) is 4.79 Å². The molecule has 1 aromatic heterocycles. The van der Waals surface area contributed by atoms with Crippen LogP contribution < -0.4 is 5.32 Å². The number of aryl methyl sites for hydroxylation is 1. The molecule has 0 radical (unpaired) electrons. The number of halogens is 3. The molecule has 0 aliphatic heterocycles. The number of nitrogens with zero attached hydrogens (tertiary/aromatic N) is 2. The van der Waals surface area contributed by atoms with Crippen LogP contribution in [0.3, 0.4) is 0 Å². The molecule has 1 N–H and O–H groups in total. The Morgan fingerprint density at radius 1 is 1.00 bits per heavy atom. The number of benzene rings is 2. The molecule has 1 amide bonds. The maximum Gasteiger partial charge on any atom is 0.258 e. The molecule has 7 heteroatoms. The van der Waals surface area contributed by atoms with Gasteiger partial charge >= 0.3 is 0 Å². The molecule has 0 saturated carbocycles. The van der Waals surface area contributed by atoms with Crippen LogP contribution in [0.15, 0.2) is 42.5 Å². The third-order valence-electron chi connectivity index (χ3n) is 3.84. The Morgan fingerprint density at radius 2 is 1.64 bits per heavy atom. The molecule has 0 unspecified atom stereocenters. The van der Waals surface area contributed by atoms with Gasteiger partial charge in [0.2, 0.25) is 0 Å². The first kappa shape index (κ1) is 17.8. The minimum absolute atomic E-state index is 0.289. The van der Waals surface area contributed by atoms with Crippen molar-refractivity contribution in [2.45, 2.75) is 13.8 Å². The van der Waals surface area contributed by atoms with Gasteiger partial charge in [-0.1, -0.05) is 34.8 Å². The molecule has 0 spiro atoms. The summed E-state index contributed by atoms with van der Waals surface area (Å²) in [4.78, 5) is 12.6. The zero-order valence-electron chi connectivity index (χ0n) is 13.5. The Balaban J connectivity index is 1.99. The highest BCUT2D eigenvalue weighted by molar-refractivity contribution is 6.37. The van der Waals surface area contributed by atoms with Crippen molar-refractivity contribution in [1.29, 1.82) is 0 Å². The minimum Gasteiger partial charge on any atom is -0.306 e. The Hall–Kier alpha value is -2.01. The summed E-state index contributed by atoms with van der Waals surface area (Å²) in [7, 11) is 0. The van der Waals surface area contributed by atoms with E-state index in [1.807, 2.05) is 26.0 Å². The summed E-state index contributed by atoms with van der Waals surface area (Å²) in [5.41, 5.74) is 2.81. The molecule has 0 saturated heterocycles. The van der Waals surface area contributed by atoms with Gasteiger partial charge in [0, 0.05) is 15.6 Å². The molecule has 0 aliphatic carbocycles. The number of hydrogen-bond acceptors (Lipinski definition) is 2. The smallest absolute Gasteiger partial charge is 0.258 e. The number of hydrogen-bond donors (Lipinski definition) is 1. The van der Waals surface area contributed by atoms with E-state index >= 15 is 0 Å². The first-order valence-corrected chi connectivity index (χ1v) is 8.59. The molecule has 128 valence electrons. The number of carbonyl (C=O) groups excluding carboxylic acids is 1. The number of anilines is 1. The van der Waals surface area contributed by atoms with Gasteiger partial charge in [-0.05, 0) is 56.3 Å². The van der Waals surface area contributed by atoms with Crippen molar-refractivity contribution in [2.24, 2.45) is 0 Å². The Labute approximate surface area is 160 Å². The fraction of sp³-hybridized carbons (Fsp3) is 0.111. The van der Waals surface area contributed by atoms with Crippen LogP contribution in [0.25, 0.3) is 5.69 Å². The maximum atomic E-state index is 12.6. The third kappa shape index (κ3) is 3.66. The zero-order chi connectivity index (χ0) is 18.1. The third-order valence-corrected chi connectivity index (χ3v) is 4.64. The Morgan fingerprint density at radius 3 is 2.28 bits per heavy atom. The van der Waals surface area contributed by atoms with Crippen LogP contribution in [0.4, 0.5) is 5.82 Å². The number of aromatic nitrogens is 2. The van der Waals surface area contributed by atoms with Crippen LogP contribution in [-0.4, -0.2) is 15.7 Å². The van der Waals surface area contributed by atoms with E-state index in [1.54, 1.807) is 28.9 Å². The van der Waals surface area contributed by atoms with Gasteiger partial charge < -0.3 is 5.32 Å². The van der Waals surface area contributed by atoms with E-state index in [0.29, 0.717) is 21.4 Å². The average molecular weight is 395 g/mol. The quantitative estimate of drug-likeness (QED) is 0.619. The van der Waals surface area contributed by atoms with Gasteiger partial charge in [0.15, 0.2) is 0 Å². The topological polar surface area (TPSA) is 46.9 Å². The van der Waals surface area contributed by atoms with E-state index in [4.69, 9.17) is 34.8 Å². The van der Waals surface area contributed by atoms with Crippen molar-refractivity contribution in [3.63, 3.8) is 0 Å². The normalized spacial score (nSPS) is 10.8. The average Bonchev–Trinajstić information content (AvgIpc) is 2.84. The highest BCUT2D eigenvalue weighted by Crippen LogP contribution is 2.26. The first-order chi connectivity index (χ1) is 11.9. The fourth-order valence-corrected chi connectivity index (χ4v) is 2.99. The molecule has 0 bridgehead atoms. The number of carbonyl (C=O) groups is 1. The van der Waals surface area contributed by atoms with Gasteiger partial charge in [0.05, 0.1) is 22.0 Å². The number of amides is 1. The standard InChI is InChI=1S/C18H14Cl3N3O/c1-10-11(2)23-24(14-6-3-12(19)4-7-14)17(10)22-18(25)15-8-5-13(20)9-16(15)21/h3-9H,1-2H3,(H,22,25). The van der Waals surface area contributed by atoms with Crippen molar-refractivity contribution >= 4 is 46.5 Å². The molecule has 3 aromatic rings. The molecule has 0 fully saturated rings. The Kier molecular flexibility index (Phi) is 5.04. The second-order valence-electron chi connectivity index (χ2n) is 5.53. The van der Waals surface area contributed by atoms with Gasteiger partial charge in [-0.15, -0.1) is 0 Å². The molecule has 0 aliphatic rings. The van der Waals surface area contributed by atoms with Gasteiger partial charge in [0.1, 0.15) is 5.82 Å². The van der Waals surface area contributed by atoms with Crippen LogP contribution in [0.5, 0.6) is 0 Å². The van der Waals surface area contributed by atoms with Crippen LogP contribution in [0.1, 0.15) is 21.6 Å². The number of nitrogens with one attached hydrogen (secondary N) is 1.